The summed E-state index contributed by atoms with van der Waals surface area (Å²) in [6.45, 7) is 7.05. The van der Waals surface area contributed by atoms with Crippen molar-refractivity contribution >= 4 is 40.7 Å². The van der Waals surface area contributed by atoms with E-state index in [4.69, 9.17) is 34.8 Å². The molecule has 1 saturated carbocycles. The van der Waals surface area contributed by atoms with Crippen molar-refractivity contribution < 1.29 is 4.79 Å². The van der Waals surface area contributed by atoms with Crippen molar-refractivity contribution in [1.29, 1.82) is 0 Å². The molecule has 2 fully saturated rings. The number of rotatable bonds is 3. The molecule has 1 saturated heterocycles. The Kier molecular flexibility index (Phi) is 4.64. The molecule has 1 aromatic rings. The van der Waals surface area contributed by atoms with Crippen LogP contribution in [0.4, 0.5) is 0 Å². The van der Waals surface area contributed by atoms with Crippen LogP contribution in [-0.4, -0.2) is 32.0 Å². The van der Waals surface area contributed by atoms with E-state index in [9.17, 15) is 4.79 Å². The Hall–Kier alpha value is -0.440. The van der Waals surface area contributed by atoms with Crippen molar-refractivity contribution in [1.82, 2.24) is 4.90 Å². The monoisotopic (exact) mass is 387 g/mol. The van der Waals surface area contributed by atoms with Gasteiger partial charge in [-0.1, -0.05) is 30.3 Å². The topological polar surface area (TPSA) is 20.3 Å². The Morgan fingerprint density at radius 3 is 2.46 bits per heavy atom. The van der Waals surface area contributed by atoms with E-state index in [1.165, 1.54) is 0 Å². The van der Waals surface area contributed by atoms with Gasteiger partial charge < -0.3 is 4.90 Å². The number of benzene rings is 1. The number of fused-ring (bicyclic) bond motifs is 1. The first-order valence-corrected chi connectivity index (χ1v) is 9.60. The lowest BCUT2D eigenvalue weighted by Crippen LogP contribution is -2.58. The molecule has 0 aromatic heterocycles. The minimum absolute atomic E-state index is 0.0247. The summed E-state index contributed by atoms with van der Waals surface area (Å²) in [5, 5.41) is 0. The highest BCUT2D eigenvalue weighted by molar-refractivity contribution is 6.38. The quantitative estimate of drug-likeness (QED) is 0.664. The van der Waals surface area contributed by atoms with Crippen molar-refractivity contribution in [2.45, 2.75) is 54.8 Å². The summed E-state index contributed by atoms with van der Waals surface area (Å²) in [6.07, 6.45) is 1.59. The van der Waals surface area contributed by atoms with Gasteiger partial charge >= 0.3 is 0 Å². The highest BCUT2D eigenvalue weighted by atomic mass is 35.5. The van der Waals surface area contributed by atoms with Gasteiger partial charge in [0.2, 0.25) is 5.91 Å². The Bertz CT molecular complexity index is 625. The van der Waals surface area contributed by atoms with E-state index in [1.807, 2.05) is 56.0 Å². The van der Waals surface area contributed by atoms with E-state index in [1.54, 1.807) is 0 Å². The first-order valence-electron chi connectivity index (χ1n) is 8.47. The third kappa shape index (κ3) is 2.95. The molecule has 1 heterocycles. The first-order chi connectivity index (χ1) is 11.1. The second-order valence-corrected chi connectivity index (χ2v) is 10.4. The fraction of sp³-hybridized carbons (Fsp3) is 0.632. The standard InChI is InChI=1S/C19H24Cl3NO/c1-17(2,20)14-9-10-18(3,21)15-12-23(16(24)19(14,15)22)11-13-7-5-4-6-8-13/h4-8,14-15H,9-12H2,1-3H3/t14-,15+,18-,19+/m1/s1. The van der Waals surface area contributed by atoms with E-state index in [0.29, 0.717) is 13.1 Å². The van der Waals surface area contributed by atoms with Crippen molar-refractivity contribution in [3.05, 3.63) is 35.9 Å². The van der Waals surface area contributed by atoms with Crippen LogP contribution >= 0.6 is 34.8 Å². The van der Waals surface area contributed by atoms with Gasteiger partial charge in [0.15, 0.2) is 0 Å². The van der Waals surface area contributed by atoms with Gasteiger partial charge in [-0.05, 0) is 39.2 Å². The molecule has 3 rings (SSSR count). The van der Waals surface area contributed by atoms with Gasteiger partial charge in [0, 0.05) is 34.7 Å². The second-order valence-electron chi connectivity index (χ2n) is 7.93. The van der Waals surface area contributed by atoms with Crippen LogP contribution in [0.25, 0.3) is 0 Å². The van der Waals surface area contributed by atoms with Gasteiger partial charge in [-0.2, -0.15) is 0 Å². The Morgan fingerprint density at radius 2 is 1.88 bits per heavy atom. The minimum atomic E-state index is -1.02. The summed E-state index contributed by atoms with van der Waals surface area (Å²) in [5.74, 6) is -0.233. The molecule has 1 aliphatic heterocycles. The van der Waals surface area contributed by atoms with Crippen LogP contribution in [0.3, 0.4) is 0 Å². The largest absolute Gasteiger partial charge is 0.336 e. The zero-order valence-electron chi connectivity index (χ0n) is 14.4. The molecule has 1 amide bonds. The number of alkyl halides is 3. The van der Waals surface area contributed by atoms with Crippen molar-refractivity contribution in [2.24, 2.45) is 11.8 Å². The van der Waals surface area contributed by atoms with Gasteiger partial charge in [0.25, 0.3) is 0 Å². The number of likely N-dealkylation sites (tertiary alicyclic amines) is 1. The number of halogens is 3. The molecule has 4 atom stereocenters. The van der Waals surface area contributed by atoms with E-state index in [2.05, 4.69) is 0 Å². The molecule has 0 spiro atoms. The molecule has 1 aliphatic carbocycles. The van der Waals surface area contributed by atoms with Gasteiger partial charge in [-0.3, -0.25) is 4.79 Å². The maximum absolute atomic E-state index is 13.3. The fourth-order valence-corrected chi connectivity index (χ4v) is 6.00. The summed E-state index contributed by atoms with van der Waals surface area (Å²) in [6, 6.07) is 9.99. The SMILES string of the molecule is CC(C)(Cl)[C@H]1CC[C@@](C)(Cl)[C@@H]2CN(Cc3ccccc3)C(=O)[C@]12Cl. The van der Waals surface area contributed by atoms with Crippen molar-refractivity contribution in [3.8, 4) is 0 Å². The number of carbonyl (C=O) groups is 1. The zero-order chi connectivity index (χ0) is 17.8. The molecule has 2 aliphatic rings. The number of hydrogen-bond acceptors (Lipinski definition) is 1. The smallest absolute Gasteiger partial charge is 0.244 e. The molecular formula is C19H24Cl3NO. The average molecular weight is 389 g/mol. The van der Waals surface area contributed by atoms with Crippen LogP contribution < -0.4 is 0 Å². The van der Waals surface area contributed by atoms with Crippen molar-refractivity contribution in [2.75, 3.05) is 6.54 Å². The van der Waals surface area contributed by atoms with Gasteiger partial charge in [0.1, 0.15) is 4.87 Å². The molecule has 24 heavy (non-hydrogen) atoms. The molecule has 0 radical (unpaired) electrons. The van der Waals surface area contributed by atoms with Gasteiger partial charge in [-0.15, -0.1) is 34.8 Å². The molecular weight excluding hydrogens is 365 g/mol. The maximum atomic E-state index is 13.3. The first kappa shape index (κ1) is 18.4. The third-order valence-electron chi connectivity index (χ3n) is 5.73. The summed E-state index contributed by atoms with van der Waals surface area (Å²) < 4.78 is 0. The molecule has 5 heteroatoms. The number of carbonyl (C=O) groups excluding carboxylic acids is 1. The summed E-state index contributed by atoms with van der Waals surface area (Å²) in [7, 11) is 0. The van der Waals surface area contributed by atoms with Gasteiger partial charge in [0.05, 0.1) is 0 Å². The van der Waals surface area contributed by atoms with Crippen LogP contribution in [0, 0.1) is 11.8 Å². The molecule has 0 unspecified atom stereocenters. The lowest BCUT2D eigenvalue weighted by Gasteiger charge is -2.50. The van der Waals surface area contributed by atoms with Crippen LogP contribution in [-0.2, 0) is 11.3 Å². The van der Waals surface area contributed by atoms with E-state index in [-0.39, 0.29) is 17.7 Å². The predicted molar refractivity (Wildman–Crippen MR) is 101 cm³/mol. The third-order valence-corrected chi connectivity index (χ3v) is 7.13. The summed E-state index contributed by atoms with van der Waals surface area (Å²) in [5.41, 5.74) is 1.10. The molecule has 0 N–H and O–H groups in total. The number of amides is 1. The van der Waals surface area contributed by atoms with Crippen LogP contribution in [0.2, 0.25) is 0 Å². The molecule has 0 bridgehead atoms. The minimum Gasteiger partial charge on any atom is -0.336 e. The number of nitrogens with zero attached hydrogens (tertiary/aromatic N) is 1. The van der Waals surface area contributed by atoms with Gasteiger partial charge in [-0.25, -0.2) is 0 Å². The average Bonchev–Trinajstić information content (AvgIpc) is 2.73. The van der Waals surface area contributed by atoms with Crippen LogP contribution in [0.15, 0.2) is 30.3 Å². The number of hydrogen-bond donors (Lipinski definition) is 0. The molecule has 132 valence electrons. The van der Waals surface area contributed by atoms with E-state index in [0.717, 1.165) is 18.4 Å². The summed E-state index contributed by atoms with van der Waals surface area (Å²) in [4.78, 5) is 13.1. The molecule has 2 nitrogen and oxygen atoms in total. The molecule has 1 aromatic carbocycles. The van der Waals surface area contributed by atoms with Crippen molar-refractivity contribution in [3.63, 3.8) is 0 Å². The summed E-state index contributed by atoms with van der Waals surface area (Å²) >= 11 is 20.5. The second kappa shape index (κ2) is 6.07. The normalized spacial score (nSPS) is 36.8. The van der Waals surface area contributed by atoms with Crippen LogP contribution in [0.5, 0.6) is 0 Å². The highest BCUT2D eigenvalue weighted by Crippen LogP contribution is 2.58. The van der Waals surface area contributed by atoms with E-state index < -0.39 is 14.6 Å². The Labute approximate surface area is 159 Å². The lowest BCUT2D eigenvalue weighted by molar-refractivity contribution is -0.132. The Balaban J connectivity index is 1.95. The highest BCUT2D eigenvalue weighted by Gasteiger charge is 2.66. The Morgan fingerprint density at radius 1 is 1.25 bits per heavy atom. The zero-order valence-corrected chi connectivity index (χ0v) is 16.6. The fourth-order valence-electron chi connectivity index (χ4n) is 4.44. The van der Waals surface area contributed by atoms with E-state index >= 15 is 0 Å². The lowest BCUT2D eigenvalue weighted by atomic mass is 9.64. The predicted octanol–water partition coefficient (Wildman–Crippen LogP) is 5.05. The van der Waals surface area contributed by atoms with Crippen LogP contribution in [0.1, 0.15) is 39.2 Å². The maximum Gasteiger partial charge on any atom is 0.244 e.